The van der Waals surface area contributed by atoms with Crippen LogP contribution in [0.25, 0.3) is 0 Å². The Labute approximate surface area is 114 Å². The summed E-state index contributed by atoms with van der Waals surface area (Å²) in [7, 11) is 1.78. The summed E-state index contributed by atoms with van der Waals surface area (Å²) in [5.41, 5.74) is 0. The molecule has 0 saturated carbocycles. The van der Waals surface area contributed by atoms with Crippen molar-refractivity contribution in [2.75, 3.05) is 39.9 Å². The van der Waals surface area contributed by atoms with Crippen molar-refractivity contribution in [3.05, 3.63) is 0 Å². The van der Waals surface area contributed by atoms with Crippen LogP contribution < -0.4 is 5.32 Å². The minimum atomic E-state index is 0.627. The van der Waals surface area contributed by atoms with Crippen LogP contribution in [-0.4, -0.2) is 50.8 Å². The largest absolute Gasteiger partial charge is 0.383 e. The Hall–Kier alpha value is -0.120. The maximum Gasteiger partial charge on any atom is 0.0589 e. The first-order valence-electron chi connectivity index (χ1n) is 7.41. The summed E-state index contributed by atoms with van der Waals surface area (Å²) >= 11 is 0. The van der Waals surface area contributed by atoms with Gasteiger partial charge in [-0.05, 0) is 38.3 Å². The molecular weight excluding hydrogens is 224 g/mol. The number of hydrogen-bond donors (Lipinski definition) is 1. The minimum Gasteiger partial charge on any atom is -0.383 e. The first kappa shape index (κ1) is 17.9. The summed E-state index contributed by atoms with van der Waals surface area (Å²) in [5.74, 6) is 1.45. The first-order valence-corrected chi connectivity index (χ1v) is 7.41. The van der Waals surface area contributed by atoms with Gasteiger partial charge in [0.2, 0.25) is 0 Å². The van der Waals surface area contributed by atoms with E-state index < -0.39 is 0 Å². The molecule has 0 aliphatic heterocycles. The van der Waals surface area contributed by atoms with E-state index in [1.165, 1.54) is 6.42 Å². The van der Waals surface area contributed by atoms with Gasteiger partial charge in [0.05, 0.1) is 6.61 Å². The fraction of sp³-hybridized carbons (Fsp3) is 1.00. The van der Waals surface area contributed by atoms with Gasteiger partial charge in [-0.3, -0.25) is 4.90 Å². The fourth-order valence-corrected chi connectivity index (χ4v) is 2.05. The molecule has 0 bridgehead atoms. The zero-order valence-electron chi connectivity index (χ0n) is 13.3. The van der Waals surface area contributed by atoms with Crippen LogP contribution in [0.1, 0.15) is 41.0 Å². The molecule has 3 heteroatoms. The van der Waals surface area contributed by atoms with Crippen molar-refractivity contribution >= 4 is 0 Å². The Bertz CT molecular complexity index is 183. The standard InChI is InChI=1S/C15H34N2O/c1-13(2)11-16-8-7-15(5)17(9-10-18-6)12-14(3)4/h13-16H,7-12H2,1-6H3. The molecule has 0 fully saturated rings. The van der Waals surface area contributed by atoms with Crippen LogP contribution in [0.5, 0.6) is 0 Å². The maximum atomic E-state index is 5.20. The van der Waals surface area contributed by atoms with Crippen molar-refractivity contribution in [3.8, 4) is 0 Å². The molecule has 1 unspecified atom stereocenters. The van der Waals surface area contributed by atoms with Gasteiger partial charge in [0.1, 0.15) is 0 Å². The zero-order chi connectivity index (χ0) is 14.0. The molecule has 18 heavy (non-hydrogen) atoms. The molecule has 3 nitrogen and oxygen atoms in total. The Balaban J connectivity index is 3.91. The molecule has 0 aliphatic carbocycles. The summed E-state index contributed by atoms with van der Waals surface area (Å²) in [6.45, 7) is 16.7. The van der Waals surface area contributed by atoms with E-state index in [9.17, 15) is 0 Å². The number of ether oxygens (including phenoxy) is 1. The molecule has 0 saturated heterocycles. The van der Waals surface area contributed by atoms with E-state index in [2.05, 4.69) is 44.8 Å². The normalized spacial score (nSPS) is 13.8. The Morgan fingerprint density at radius 2 is 1.72 bits per heavy atom. The van der Waals surface area contributed by atoms with E-state index in [1.807, 2.05) is 0 Å². The van der Waals surface area contributed by atoms with Crippen molar-refractivity contribution in [1.29, 1.82) is 0 Å². The van der Waals surface area contributed by atoms with E-state index in [4.69, 9.17) is 4.74 Å². The predicted molar refractivity (Wildman–Crippen MR) is 80.1 cm³/mol. The van der Waals surface area contributed by atoms with E-state index >= 15 is 0 Å². The number of nitrogens with one attached hydrogen (secondary N) is 1. The lowest BCUT2D eigenvalue weighted by Gasteiger charge is -2.30. The number of rotatable bonds is 11. The lowest BCUT2D eigenvalue weighted by Crippen LogP contribution is -2.40. The van der Waals surface area contributed by atoms with Gasteiger partial charge < -0.3 is 10.1 Å². The molecule has 0 spiro atoms. The number of hydrogen-bond acceptors (Lipinski definition) is 3. The highest BCUT2D eigenvalue weighted by Crippen LogP contribution is 2.07. The lowest BCUT2D eigenvalue weighted by molar-refractivity contribution is 0.112. The Morgan fingerprint density at radius 3 is 2.22 bits per heavy atom. The second-order valence-electron chi connectivity index (χ2n) is 6.12. The van der Waals surface area contributed by atoms with Crippen LogP contribution in [0.15, 0.2) is 0 Å². The van der Waals surface area contributed by atoms with Gasteiger partial charge in [-0.1, -0.05) is 27.7 Å². The lowest BCUT2D eigenvalue weighted by atomic mass is 10.1. The Morgan fingerprint density at radius 1 is 1.06 bits per heavy atom. The van der Waals surface area contributed by atoms with Crippen molar-refractivity contribution in [2.24, 2.45) is 11.8 Å². The molecule has 0 aromatic carbocycles. The molecule has 1 atom stereocenters. The second kappa shape index (κ2) is 10.8. The van der Waals surface area contributed by atoms with Gasteiger partial charge in [-0.25, -0.2) is 0 Å². The molecule has 0 amide bonds. The average Bonchev–Trinajstić information content (AvgIpc) is 2.29. The molecule has 0 aliphatic rings. The third-order valence-corrected chi connectivity index (χ3v) is 3.10. The van der Waals surface area contributed by atoms with Gasteiger partial charge in [-0.15, -0.1) is 0 Å². The van der Waals surface area contributed by atoms with Crippen LogP contribution in [0, 0.1) is 11.8 Å². The van der Waals surface area contributed by atoms with Crippen molar-refractivity contribution < 1.29 is 4.74 Å². The van der Waals surface area contributed by atoms with E-state index in [-0.39, 0.29) is 0 Å². The van der Waals surface area contributed by atoms with Crippen LogP contribution in [0.3, 0.4) is 0 Å². The third kappa shape index (κ3) is 9.86. The number of nitrogens with zero attached hydrogens (tertiary/aromatic N) is 1. The van der Waals surface area contributed by atoms with E-state index in [0.717, 1.165) is 38.7 Å². The molecule has 0 rings (SSSR count). The van der Waals surface area contributed by atoms with Crippen LogP contribution in [0.2, 0.25) is 0 Å². The Kier molecular flexibility index (Phi) is 10.7. The molecule has 1 N–H and O–H groups in total. The average molecular weight is 258 g/mol. The first-order chi connectivity index (χ1) is 8.47. The molecule has 0 aromatic rings. The summed E-state index contributed by atoms with van der Waals surface area (Å²) in [5, 5.41) is 3.52. The highest BCUT2D eigenvalue weighted by molar-refractivity contribution is 4.70. The van der Waals surface area contributed by atoms with Crippen molar-refractivity contribution in [3.63, 3.8) is 0 Å². The summed E-state index contributed by atoms with van der Waals surface area (Å²) < 4.78 is 5.20. The molecule has 110 valence electrons. The molecule has 0 heterocycles. The van der Waals surface area contributed by atoms with Gasteiger partial charge in [0.25, 0.3) is 0 Å². The molecule has 0 aromatic heterocycles. The SMILES string of the molecule is COCCN(CC(C)C)C(C)CCNCC(C)C. The minimum absolute atomic E-state index is 0.627. The maximum absolute atomic E-state index is 5.20. The van der Waals surface area contributed by atoms with Gasteiger partial charge in [0.15, 0.2) is 0 Å². The number of methoxy groups -OCH3 is 1. The highest BCUT2D eigenvalue weighted by Gasteiger charge is 2.14. The summed E-state index contributed by atoms with van der Waals surface area (Å²) in [6.07, 6.45) is 1.21. The van der Waals surface area contributed by atoms with Crippen molar-refractivity contribution in [1.82, 2.24) is 10.2 Å². The van der Waals surface area contributed by atoms with Gasteiger partial charge in [-0.2, -0.15) is 0 Å². The second-order valence-corrected chi connectivity index (χ2v) is 6.12. The topological polar surface area (TPSA) is 24.5 Å². The highest BCUT2D eigenvalue weighted by atomic mass is 16.5. The summed E-state index contributed by atoms with van der Waals surface area (Å²) in [4.78, 5) is 2.55. The monoisotopic (exact) mass is 258 g/mol. The zero-order valence-corrected chi connectivity index (χ0v) is 13.3. The van der Waals surface area contributed by atoms with Gasteiger partial charge >= 0.3 is 0 Å². The fourth-order valence-electron chi connectivity index (χ4n) is 2.05. The predicted octanol–water partition coefficient (Wildman–Crippen LogP) is 2.62. The van der Waals surface area contributed by atoms with Crippen LogP contribution >= 0.6 is 0 Å². The van der Waals surface area contributed by atoms with E-state index in [1.54, 1.807) is 7.11 Å². The van der Waals surface area contributed by atoms with Crippen molar-refractivity contribution in [2.45, 2.75) is 47.1 Å². The quantitative estimate of drug-likeness (QED) is 0.577. The molecular formula is C15H34N2O. The summed E-state index contributed by atoms with van der Waals surface area (Å²) in [6, 6.07) is 0.627. The third-order valence-electron chi connectivity index (χ3n) is 3.10. The van der Waals surface area contributed by atoms with Crippen LogP contribution in [-0.2, 0) is 4.74 Å². The smallest absolute Gasteiger partial charge is 0.0589 e. The van der Waals surface area contributed by atoms with E-state index in [0.29, 0.717) is 12.0 Å². The van der Waals surface area contributed by atoms with Crippen LogP contribution in [0.4, 0.5) is 0 Å². The molecule has 0 radical (unpaired) electrons. The van der Waals surface area contributed by atoms with Gasteiger partial charge in [0, 0.05) is 26.2 Å².